The van der Waals surface area contributed by atoms with Gasteiger partial charge in [-0.25, -0.2) is 0 Å². The van der Waals surface area contributed by atoms with E-state index in [9.17, 15) is 19.8 Å². The van der Waals surface area contributed by atoms with Crippen LogP contribution in [0.3, 0.4) is 0 Å². The Bertz CT molecular complexity index is 956. The maximum atomic E-state index is 11.3. The molecular weight excluding hydrogens is 354 g/mol. The van der Waals surface area contributed by atoms with Gasteiger partial charge in [0.2, 0.25) is 0 Å². The summed E-state index contributed by atoms with van der Waals surface area (Å²) in [4.78, 5) is 25.9. The molecule has 5 heteroatoms. The fourth-order valence-corrected chi connectivity index (χ4v) is 3.47. The van der Waals surface area contributed by atoms with Gasteiger partial charge in [0.25, 0.3) is 0 Å². The van der Waals surface area contributed by atoms with Crippen molar-refractivity contribution < 1.29 is 19.8 Å². The maximum Gasteiger partial charge on any atom is 0.190 e. The lowest BCUT2D eigenvalue weighted by Gasteiger charge is -2.11. The van der Waals surface area contributed by atoms with Crippen molar-refractivity contribution in [3.05, 3.63) is 59.2 Å². The second-order valence-corrected chi connectivity index (χ2v) is 7.08. The van der Waals surface area contributed by atoms with E-state index in [1.807, 2.05) is 0 Å². The number of aromatic amines is 1. The van der Waals surface area contributed by atoms with Crippen LogP contribution in [0, 0.1) is 0 Å². The number of carbonyl (C=O) groups is 2. The Morgan fingerprint density at radius 2 is 1.43 bits per heavy atom. The highest BCUT2D eigenvalue weighted by molar-refractivity contribution is 6.24. The minimum Gasteiger partial charge on any atom is -0.507 e. The van der Waals surface area contributed by atoms with Crippen molar-refractivity contribution in [1.82, 2.24) is 4.98 Å². The summed E-state index contributed by atoms with van der Waals surface area (Å²) >= 11 is 0. The fourth-order valence-electron chi connectivity index (χ4n) is 3.47. The molecule has 4 rings (SSSR count). The maximum absolute atomic E-state index is 11.3. The number of aromatic hydroxyl groups is 2. The largest absolute Gasteiger partial charge is 0.507 e. The number of ketones is 2. The zero-order chi connectivity index (χ0) is 20.1. The number of phenolic OH excluding ortho intramolecular Hbond substituents is 2. The zero-order valence-corrected chi connectivity index (χ0v) is 16.0. The van der Waals surface area contributed by atoms with Crippen molar-refractivity contribution in [3.8, 4) is 11.5 Å². The molecule has 0 radical (unpaired) electrons. The van der Waals surface area contributed by atoms with Gasteiger partial charge in [0, 0.05) is 11.0 Å². The molecule has 146 valence electrons. The monoisotopic (exact) mass is 379 g/mol. The number of rotatable bonds is 6. The van der Waals surface area contributed by atoms with Crippen LogP contribution < -0.4 is 0 Å². The first-order valence-electron chi connectivity index (χ1n) is 9.73. The van der Waals surface area contributed by atoms with Gasteiger partial charge in [-0.3, -0.25) is 9.59 Å². The molecule has 3 aromatic rings. The van der Waals surface area contributed by atoms with Gasteiger partial charge >= 0.3 is 0 Å². The van der Waals surface area contributed by atoms with Gasteiger partial charge in [0.15, 0.2) is 11.6 Å². The molecule has 2 aromatic heterocycles. The molecule has 0 saturated heterocycles. The Morgan fingerprint density at radius 1 is 0.821 bits per heavy atom. The number of benzene rings is 2. The van der Waals surface area contributed by atoms with Gasteiger partial charge < -0.3 is 15.2 Å². The third-order valence-electron chi connectivity index (χ3n) is 4.97. The number of carbonyl (C=O) groups excluding carboxylic acids is 2. The number of hydrogen-bond acceptors (Lipinski definition) is 4. The van der Waals surface area contributed by atoms with E-state index in [1.165, 1.54) is 67.3 Å². The minimum absolute atomic E-state index is 0.127. The van der Waals surface area contributed by atoms with E-state index >= 15 is 0 Å². The Hall–Kier alpha value is -3.08. The predicted octanol–water partition coefficient (Wildman–Crippen LogP) is 5.15. The standard InChI is InChI=1S/C13H19N.C10H6O4/c1-2-3-4-5-6-7-11-10-12-8-9-13(11)14-12;11-5-1-2-6(12)10-8(14)4-3-7(13)9(5)10/h8-10,14H,2-7H2,1H3;1-4,11-12H. The predicted molar refractivity (Wildman–Crippen MR) is 110 cm³/mol. The van der Waals surface area contributed by atoms with Crippen LogP contribution >= 0.6 is 0 Å². The molecule has 1 aromatic carbocycles. The smallest absolute Gasteiger partial charge is 0.190 e. The summed E-state index contributed by atoms with van der Waals surface area (Å²) in [5, 5.41) is 18.7. The number of unbranched alkanes of at least 4 members (excludes halogenated alkanes) is 4. The highest BCUT2D eigenvalue weighted by Crippen LogP contribution is 2.32. The number of fused-ring (bicyclic) bond motifs is 3. The number of nitrogens with one attached hydrogen (secondary N) is 1. The van der Waals surface area contributed by atoms with E-state index in [4.69, 9.17) is 0 Å². The zero-order valence-electron chi connectivity index (χ0n) is 16.0. The first-order valence-corrected chi connectivity index (χ1v) is 9.73. The fraction of sp³-hybridized carbons (Fsp3) is 0.304. The topological polar surface area (TPSA) is 90.4 Å². The molecule has 5 nitrogen and oxygen atoms in total. The lowest BCUT2D eigenvalue weighted by molar-refractivity contribution is 0.0989. The Kier molecular flexibility index (Phi) is 6.14. The van der Waals surface area contributed by atoms with E-state index in [-0.39, 0.29) is 22.6 Å². The molecule has 0 atom stereocenters. The number of hydrogen-bond donors (Lipinski definition) is 3. The summed E-state index contributed by atoms with van der Waals surface area (Å²) in [7, 11) is 0. The first-order chi connectivity index (χ1) is 13.5. The average Bonchev–Trinajstić information content (AvgIpc) is 3.30. The summed E-state index contributed by atoms with van der Waals surface area (Å²) in [5.74, 6) is -1.54. The number of allylic oxidation sites excluding steroid dienone is 2. The molecule has 0 spiro atoms. The van der Waals surface area contributed by atoms with Crippen LogP contribution in [0.5, 0.6) is 11.5 Å². The van der Waals surface area contributed by atoms with Crippen LogP contribution in [0.4, 0.5) is 0 Å². The molecule has 0 aliphatic heterocycles. The van der Waals surface area contributed by atoms with Crippen LogP contribution in [-0.4, -0.2) is 26.8 Å². The second kappa shape index (κ2) is 8.74. The molecule has 0 fully saturated rings. The number of H-pyrrole nitrogens is 1. The number of aryl methyl sites for hydroxylation is 1. The molecule has 1 aliphatic rings. The van der Waals surface area contributed by atoms with E-state index < -0.39 is 11.6 Å². The van der Waals surface area contributed by atoms with E-state index in [2.05, 4.69) is 30.1 Å². The SMILES string of the molecule is CCCCCCCc1cc2ccc1[nH]2.O=C1C=CC(=O)c2c(O)ccc(O)c21. The van der Waals surface area contributed by atoms with Crippen molar-refractivity contribution in [1.29, 1.82) is 0 Å². The van der Waals surface area contributed by atoms with Gasteiger partial charge in [-0.15, -0.1) is 0 Å². The van der Waals surface area contributed by atoms with Gasteiger partial charge in [0.1, 0.15) is 11.5 Å². The van der Waals surface area contributed by atoms with E-state index in [0.717, 1.165) is 12.2 Å². The summed E-state index contributed by atoms with van der Waals surface area (Å²) in [6, 6.07) is 8.98. The molecule has 0 saturated carbocycles. The van der Waals surface area contributed by atoms with E-state index in [1.54, 1.807) is 0 Å². The van der Waals surface area contributed by atoms with Gasteiger partial charge in [0.05, 0.1) is 11.1 Å². The lowest BCUT2D eigenvalue weighted by atomic mass is 9.93. The molecule has 1 aliphatic carbocycles. The molecule has 2 heterocycles. The lowest BCUT2D eigenvalue weighted by Crippen LogP contribution is -2.11. The van der Waals surface area contributed by atoms with Gasteiger partial charge in [-0.1, -0.05) is 32.6 Å². The number of aromatic nitrogens is 1. The summed E-state index contributed by atoms with van der Waals surface area (Å²) in [5.41, 5.74) is 3.88. The third kappa shape index (κ3) is 4.25. The van der Waals surface area contributed by atoms with E-state index in [0.29, 0.717) is 0 Å². The van der Waals surface area contributed by atoms with Crippen molar-refractivity contribution in [3.63, 3.8) is 0 Å². The normalized spacial score (nSPS) is 12.9. The Morgan fingerprint density at radius 3 is 1.93 bits per heavy atom. The van der Waals surface area contributed by atoms with Crippen molar-refractivity contribution in [2.24, 2.45) is 0 Å². The summed E-state index contributed by atoms with van der Waals surface area (Å²) < 4.78 is 0. The first kappa shape index (κ1) is 19.7. The molecule has 0 amide bonds. The quantitative estimate of drug-likeness (QED) is 0.408. The van der Waals surface area contributed by atoms with Crippen LogP contribution in [-0.2, 0) is 6.42 Å². The van der Waals surface area contributed by atoms with Crippen molar-refractivity contribution in [2.75, 3.05) is 0 Å². The van der Waals surface area contributed by atoms with Crippen molar-refractivity contribution in [2.45, 2.75) is 45.4 Å². The molecule has 0 unspecified atom stereocenters. The summed E-state index contributed by atoms with van der Waals surface area (Å²) in [6.45, 7) is 2.26. The minimum atomic E-state index is -0.479. The van der Waals surface area contributed by atoms with Crippen molar-refractivity contribution >= 4 is 22.6 Å². The Labute approximate surface area is 164 Å². The van der Waals surface area contributed by atoms with Crippen LogP contribution in [0.2, 0.25) is 0 Å². The highest BCUT2D eigenvalue weighted by Gasteiger charge is 2.25. The third-order valence-corrected chi connectivity index (χ3v) is 4.97. The van der Waals surface area contributed by atoms with Gasteiger partial charge in [-0.05, 0) is 60.9 Å². The highest BCUT2D eigenvalue weighted by atomic mass is 16.3. The van der Waals surface area contributed by atoms with Crippen LogP contribution in [0.25, 0.3) is 11.0 Å². The molecular formula is C23H25NO4. The molecule has 28 heavy (non-hydrogen) atoms. The van der Waals surface area contributed by atoms with Gasteiger partial charge in [-0.2, -0.15) is 0 Å². The van der Waals surface area contributed by atoms with Crippen LogP contribution in [0.1, 0.15) is 65.3 Å². The number of phenols is 2. The summed E-state index contributed by atoms with van der Waals surface area (Å²) in [6.07, 6.45) is 10.3. The Balaban J connectivity index is 0.000000161. The average molecular weight is 379 g/mol. The molecule has 2 bridgehead atoms. The molecule has 3 N–H and O–H groups in total. The van der Waals surface area contributed by atoms with Crippen LogP contribution in [0.15, 0.2) is 42.5 Å². The second-order valence-electron chi connectivity index (χ2n) is 7.08.